The third-order valence-corrected chi connectivity index (χ3v) is 5.34. The second-order valence-corrected chi connectivity index (χ2v) is 6.78. The van der Waals surface area contributed by atoms with Crippen LogP contribution in [0.4, 0.5) is 0 Å². The lowest BCUT2D eigenvalue weighted by Gasteiger charge is -2.13. The molecule has 2 heterocycles. The minimum absolute atomic E-state index is 0.0725. The molecule has 0 bridgehead atoms. The number of fused-ring (bicyclic) bond motifs is 1. The van der Waals surface area contributed by atoms with E-state index >= 15 is 0 Å². The molecule has 3 rings (SSSR count). The minimum atomic E-state index is -0.0725. The average Bonchev–Trinajstić information content (AvgIpc) is 3.18. The molecular formula is C17H24N4O2S. The summed E-state index contributed by atoms with van der Waals surface area (Å²) in [6.07, 6.45) is 4.97. The summed E-state index contributed by atoms with van der Waals surface area (Å²) < 4.78 is 7.37. The van der Waals surface area contributed by atoms with Gasteiger partial charge in [0.1, 0.15) is 0 Å². The molecule has 0 aromatic carbocycles. The quantitative estimate of drug-likeness (QED) is 0.779. The van der Waals surface area contributed by atoms with Crippen LogP contribution in [0.15, 0.2) is 5.38 Å². The van der Waals surface area contributed by atoms with Gasteiger partial charge in [0.25, 0.3) is 0 Å². The van der Waals surface area contributed by atoms with Crippen molar-refractivity contribution in [2.24, 2.45) is 0 Å². The lowest BCUT2D eigenvalue weighted by atomic mass is 9.94. The Morgan fingerprint density at radius 1 is 1.42 bits per heavy atom. The fourth-order valence-corrected chi connectivity index (χ4v) is 4.17. The van der Waals surface area contributed by atoms with Crippen LogP contribution in [0.25, 0.3) is 10.7 Å². The topological polar surface area (TPSA) is 69.0 Å². The number of aromatic nitrogens is 3. The summed E-state index contributed by atoms with van der Waals surface area (Å²) in [6.45, 7) is 3.91. The molecule has 130 valence electrons. The number of hydrogen-bond donors (Lipinski definition) is 1. The van der Waals surface area contributed by atoms with Gasteiger partial charge < -0.3 is 10.1 Å². The fraction of sp³-hybridized carbons (Fsp3) is 0.588. The number of likely N-dealkylation sites (N-methyl/N-ethyl adjacent to an activating group) is 1. The molecule has 6 nitrogen and oxygen atoms in total. The van der Waals surface area contributed by atoms with Crippen LogP contribution < -0.4 is 5.32 Å². The van der Waals surface area contributed by atoms with E-state index in [1.54, 1.807) is 18.4 Å². The van der Waals surface area contributed by atoms with E-state index in [-0.39, 0.29) is 12.3 Å². The third kappa shape index (κ3) is 3.67. The van der Waals surface area contributed by atoms with E-state index in [4.69, 9.17) is 4.74 Å². The van der Waals surface area contributed by atoms with E-state index in [1.165, 1.54) is 28.8 Å². The highest BCUT2D eigenvalue weighted by Gasteiger charge is 2.22. The molecule has 0 atom stereocenters. The van der Waals surface area contributed by atoms with E-state index in [1.807, 2.05) is 11.6 Å². The van der Waals surface area contributed by atoms with Crippen molar-refractivity contribution >= 4 is 17.2 Å². The summed E-state index contributed by atoms with van der Waals surface area (Å²) in [7, 11) is 1.63. The van der Waals surface area contributed by atoms with Crippen molar-refractivity contribution in [2.45, 2.75) is 45.6 Å². The Balaban J connectivity index is 1.91. The molecular weight excluding hydrogens is 324 g/mol. The minimum Gasteiger partial charge on any atom is -0.380 e. The second-order valence-electron chi connectivity index (χ2n) is 5.90. The number of carbonyl (C=O) groups excluding carboxylic acids is 1. The maximum absolute atomic E-state index is 11.7. The summed E-state index contributed by atoms with van der Waals surface area (Å²) in [5.41, 5.74) is 2.87. The summed E-state index contributed by atoms with van der Waals surface area (Å²) in [5, 5.41) is 9.43. The Kier molecular flexibility index (Phi) is 5.63. The normalized spacial score (nSPS) is 13.8. The van der Waals surface area contributed by atoms with E-state index in [0.29, 0.717) is 25.6 Å². The van der Waals surface area contributed by atoms with Crippen molar-refractivity contribution in [3.8, 4) is 10.7 Å². The summed E-state index contributed by atoms with van der Waals surface area (Å²) in [5.74, 6) is 1.37. The van der Waals surface area contributed by atoms with E-state index in [9.17, 15) is 4.79 Å². The van der Waals surface area contributed by atoms with Crippen LogP contribution in [0.5, 0.6) is 0 Å². The number of nitrogens with one attached hydrogen (secondary N) is 1. The van der Waals surface area contributed by atoms with E-state index < -0.39 is 0 Å². The van der Waals surface area contributed by atoms with Crippen LogP contribution in [0.2, 0.25) is 0 Å². The standard InChI is InChI=1S/C17H24N4O2S/c1-3-23-9-8-21-17(19-14(20-21)10-15(22)18-2)16-13-7-5-4-6-12(13)11-24-16/h11H,3-10H2,1-2H3,(H,18,22). The van der Waals surface area contributed by atoms with Gasteiger partial charge in [0.2, 0.25) is 5.91 Å². The maximum Gasteiger partial charge on any atom is 0.227 e. The molecule has 0 unspecified atom stereocenters. The van der Waals surface area contributed by atoms with Crippen molar-refractivity contribution in [2.75, 3.05) is 20.3 Å². The first-order chi connectivity index (χ1) is 11.7. The lowest BCUT2D eigenvalue weighted by Crippen LogP contribution is -2.20. The van der Waals surface area contributed by atoms with Crippen molar-refractivity contribution < 1.29 is 9.53 Å². The molecule has 2 aromatic heterocycles. The summed E-state index contributed by atoms with van der Waals surface area (Å²) >= 11 is 1.75. The third-order valence-electron chi connectivity index (χ3n) is 4.27. The Morgan fingerprint density at radius 2 is 2.25 bits per heavy atom. The first-order valence-electron chi connectivity index (χ1n) is 8.54. The predicted octanol–water partition coefficient (Wildman–Crippen LogP) is 2.21. The van der Waals surface area contributed by atoms with Gasteiger partial charge in [-0.3, -0.25) is 4.79 Å². The largest absolute Gasteiger partial charge is 0.380 e. The molecule has 1 N–H and O–H groups in total. The van der Waals surface area contributed by atoms with Gasteiger partial charge in [-0.05, 0) is 49.1 Å². The van der Waals surface area contributed by atoms with Crippen molar-refractivity contribution in [3.05, 3.63) is 22.3 Å². The van der Waals surface area contributed by atoms with E-state index in [0.717, 1.165) is 18.7 Å². The van der Waals surface area contributed by atoms with Crippen LogP contribution in [0.1, 0.15) is 36.7 Å². The second kappa shape index (κ2) is 7.90. The molecule has 7 heteroatoms. The van der Waals surface area contributed by atoms with Crippen LogP contribution in [-0.4, -0.2) is 40.9 Å². The number of aryl methyl sites for hydroxylation is 1. The number of rotatable bonds is 7. The van der Waals surface area contributed by atoms with Gasteiger partial charge in [-0.25, -0.2) is 9.67 Å². The predicted molar refractivity (Wildman–Crippen MR) is 94.2 cm³/mol. The molecule has 24 heavy (non-hydrogen) atoms. The highest BCUT2D eigenvalue weighted by atomic mass is 32.1. The smallest absolute Gasteiger partial charge is 0.227 e. The van der Waals surface area contributed by atoms with Crippen LogP contribution in [0, 0.1) is 0 Å². The highest BCUT2D eigenvalue weighted by Crippen LogP contribution is 2.36. The molecule has 0 fully saturated rings. The molecule has 0 aliphatic heterocycles. The average molecular weight is 348 g/mol. The number of thiophene rings is 1. The first-order valence-corrected chi connectivity index (χ1v) is 9.42. The van der Waals surface area contributed by atoms with Crippen molar-refractivity contribution in [1.82, 2.24) is 20.1 Å². The highest BCUT2D eigenvalue weighted by molar-refractivity contribution is 7.13. The van der Waals surface area contributed by atoms with Crippen LogP contribution >= 0.6 is 11.3 Å². The zero-order valence-electron chi connectivity index (χ0n) is 14.3. The monoisotopic (exact) mass is 348 g/mol. The lowest BCUT2D eigenvalue weighted by molar-refractivity contribution is -0.120. The van der Waals surface area contributed by atoms with Crippen LogP contribution in [-0.2, 0) is 35.3 Å². The first kappa shape index (κ1) is 17.1. The summed E-state index contributed by atoms with van der Waals surface area (Å²) in [6, 6.07) is 0. The number of amides is 1. The Morgan fingerprint density at radius 3 is 3.04 bits per heavy atom. The number of carbonyl (C=O) groups is 1. The van der Waals surface area contributed by atoms with Gasteiger partial charge in [0.15, 0.2) is 11.6 Å². The maximum atomic E-state index is 11.7. The van der Waals surface area contributed by atoms with Gasteiger partial charge in [-0.1, -0.05) is 0 Å². The molecule has 0 spiro atoms. The summed E-state index contributed by atoms with van der Waals surface area (Å²) in [4.78, 5) is 17.5. The Hall–Kier alpha value is -1.73. The molecule has 1 aliphatic carbocycles. The van der Waals surface area contributed by atoms with Crippen molar-refractivity contribution in [1.29, 1.82) is 0 Å². The van der Waals surface area contributed by atoms with E-state index in [2.05, 4.69) is 20.8 Å². The zero-order valence-corrected chi connectivity index (χ0v) is 15.1. The SMILES string of the molecule is CCOCCn1nc(CC(=O)NC)nc1-c1scc2c1CCCC2. The van der Waals surface area contributed by atoms with Crippen molar-refractivity contribution in [3.63, 3.8) is 0 Å². The number of hydrogen-bond acceptors (Lipinski definition) is 5. The number of nitrogens with zero attached hydrogens (tertiary/aromatic N) is 3. The molecule has 0 radical (unpaired) electrons. The Bertz CT molecular complexity index is 708. The van der Waals surface area contributed by atoms with Gasteiger partial charge in [0.05, 0.1) is 24.4 Å². The number of ether oxygens (including phenoxy) is 1. The molecule has 0 saturated heterocycles. The molecule has 1 amide bonds. The fourth-order valence-electron chi connectivity index (χ4n) is 3.02. The van der Waals surface area contributed by atoms with Gasteiger partial charge in [-0.2, -0.15) is 5.10 Å². The zero-order chi connectivity index (χ0) is 16.9. The molecule has 1 aliphatic rings. The van der Waals surface area contributed by atoms with Gasteiger partial charge in [-0.15, -0.1) is 11.3 Å². The van der Waals surface area contributed by atoms with Crippen LogP contribution in [0.3, 0.4) is 0 Å². The molecule has 2 aromatic rings. The van der Waals surface area contributed by atoms with Gasteiger partial charge >= 0.3 is 0 Å². The molecule has 0 saturated carbocycles. The Labute approximate surface area is 146 Å². The van der Waals surface area contributed by atoms with Gasteiger partial charge in [0, 0.05) is 13.7 Å².